The first-order valence-electron chi connectivity index (χ1n) is 17.3. The maximum Gasteiger partial charge on any atom is 0.281 e. The Hall–Kier alpha value is -6.49. The highest BCUT2D eigenvalue weighted by Gasteiger charge is 2.42. The summed E-state index contributed by atoms with van der Waals surface area (Å²) in [5, 5.41) is 7.53. The topological polar surface area (TPSA) is 26.7 Å². The van der Waals surface area contributed by atoms with Crippen molar-refractivity contribution in [1.82, 2.24) is 9.13 Å². The van der Waals surface area contributed by atoms with Gasteiger partial charge in [0.2, 0.25) is 5.84 Å². The van der Waals surface area contributed by atoms with Crippen LogP contribution in [0.3, 0.4) is 0 Å². The Labute approximate surface area is 288 Å². The monoisotopic (exact) mass is 639 g/mol. The lowest BCUT2D eigenvalue weighted by Gasteiger charge is -2.35. The van der Waals surface area contributed by atoms with Crippen molar-refractivity contribution in [3.8, 4) is 16.8 Å². The van der Waals surface area contributed by atoms with Gasteiger partial charge in [0.1, 0.15) is 6.20 Å². The average molecular weight is 640 g/mol. The quantitative estimate of drug-likeness (QED) is 0.198. The summed E-state index contributed by atoms with van der Waals surface area (Å²) in [5.41, 5.74) is 10.9. The number of nitrogens with zero attached hydrogens (tertiary/aromatic N) is 3. The highest BCUT2D eigenvalue weighted by Crippen LogP contribution is 2.39. The summed E-state index contributed by atoms with van der Waals surface area (Å²) in [6.07, 6.45) is 6.58. The number of benzene rings is 7. The van der Waals surface area contributed by atoms with Crippen LogP contribution in [0, 0.1) is 0 Å². The zero-order valence-electron chi connectivity index (χ0n) is 27.2. The molecule has 0 bridgehead atoms. The predicted octanol–water partition coefficient (Wildman–Crippen LogP) is 10.1. The molecule has 4 nitrogen and oxygen atoms in total. The van der Waals surface area contributed by atoms with E-state index in [4.69, 9.17) is 4.99 Å². The van der Waals surface area contributed by atoms with Gasteiger partial charge in [-0.15, -0.1) is 0 Å². The van der Waals surface area contributed by atoms with Gasteiger partial charge < -0.3 is 4.57 Å². The molecule has 7 aromatic carbocycles. The first-order valence-corrected chi connectivity index (χ1v) is 17.3. The number of nitrogens with one attached hydrogen (secondary N) is 1. The van der Waals surface area contributed by atoms with Gasteiger partial charge in [0.05, 0.1) is 27.6 Å². The number of amidine groups is 1. The van der Waals surface area contributed by atoms with Crippen molar-refractivity contribution in [1.29, 1.82) is 0 Å². The third-order valence-corrected chi connectivity index (χ3v) is 10.7. The molecule has 9 aromatic rings. The van der Waals surface area contributed by atoms with Crippen molar-refractivity contribution in [2.75, 3.05) is 0 Å². The second kappa shape index (κ2) is 10.5. The third kappa shape index (κ3) is 3.88. The number of hydrogen-bond donors (Lipinski definition) is 1. The molecule has 2 unspecified atom stereocenters. The van der Waals surface area contributed by atoms with E-state index >= 15 is 0 Å². The molecule has 0 aliphatic carbocycles. The SMILES string of the molecule is C1=C[NH+]2C(=NC2n2c3ccccc3c3cc(-c4ccc5c(c4)c4ccccc4n5-c4ccccc4)ccc32)C(c2cccc3ccccc23)=C1. The molecule has 2 atom stereocenters. The van der Waals surface area contributed by atoms with Gasteiger partial charge in [-0.25, -0.2) is 4.90 Å². The lowest BCUT2D eigenvalue weighted by molar-refractivity contribution is -0.818. The molecule has 2 aliphatic heterocycles. The van der Waals surface area contributed by atoms with Gasteiger partial charge in [-0.2, -0.15) is 4.99 Å². The Morgan fingerprint density at radius 1 is 0.500 bits per heavy atom. The van der Waals surface area contributed by atoms with Gasteiger partial charge in [-0.1, -0.05) is 109 Å². The summed E-state index contributed by atoms with van der Waals surface area (Å²) in [6.45, 7) is 0. The maximum atomic E-state index is 5.34. The molecule has 0 saturated carbocycles. The van der Waals surface area contributed by atoms with Crippen molar-refractivity contribution in [2.24, 2.45) is 4.99 Å². The van der Waals surface area contributed by atoms with Crippen LogP contribution >= 0.6 is 0 Å². The zero-order chi connectivity index (χ0) is 32.8. The van der Waals surface area contributed by atoms with Crippen LogP contribution in [0.25, 0.3) is 76.8 Å². The standard InChI is InChI=1S/C46H30N4/c1-2-14-33(15-3-1)49-41-21-8-6-17-36(41)39-28-31(23-25-43(39)49)32-24-26-44-40(29-32)37-18-7-9-22-42(37)50(44)46-47-45-38(20-11-27-48(45)46)35-19-10-13-30-12-4-5-16-34(30)35/h1-29,46H/p+1. The molecule has 234 valence electrons. The molecule has 0 fully saturated rings. The first kappa shape index (κ1) is 27.5. The fraction of sp³-hybridized carbons (Fsp3) is 0.0217. The summed E-state index contributed by atoms with van der Waals surface area (Å²) in [6, 6.07) is 57.2. The molecule has 0 radical (unpaired) electrons. The average Bonchev–Trinajstić information content (AvgIpc) is 3.67. The molecule has 4 heteroatoms. The number of hydrogen-bond acceptors (Lipinski definition) is 1. The largest absolute Gasteiger partial charge is 0.309 e. The second-order valence-corrected chi connectivity index (χ2v) is 13.3. The molecular weight excluding hydrogens is 609 g/mol. The zero-order valence-corrected chi connectivity index (χ0v) is 27.2. The molecule has 50 heavy (non-hydrogen) atoms. The molecule has 1 N–H and O–H groups in total. The van der Waals surface area contributed by atoms with Crippen LogP contribution in [0.1, 0.15) is 11.9 Å². The summed E-state index contributed by atoms with van der Waals surface area (Å²) >= 11 is 0. The number of fused-ring (bicyclic) bond motifs is 8. The molecule has 2 aliphatic rings. The van der Waals surface area contributed by atoms with E-state index in [-0.39, 0.29) is 6.29 Å². The highest BCUT2D eigenvalue weighted by atomic mass is 15.5. The molecule has 4 heterocycles. The van der Waals surface area contributed by atoms with Crippen LogP contribution in [0.2, 0.25) is 0 Å². The number of quaternary nitrogens is 1. The van der Waals surface area contributed by atoms with Gasteiger partial charge in [0, 0.05) is 27.2 Å². The second-order valence-electron chi connectivity index (χ2n) is 13.3. The molecule has 2 aromatic heterocycles. The van der Waals surface area contributed by atoms with Gasteiger partial charge in [0.25, 0.3) is 6.29 Å². The Balaban J connectivity index is 1.04. The van der Waals surface area contributed by atoms with Crippen molar-refractivity contribution in [2.45, 2.75) is 6.29 Å². The molecule has 11 rings (SSSR count). The van der Waals surface area contributed by atoms with Gasteiger partial charge in [-0.05, 0) is 88.1 Å². The number of para-hydroxylation sites is 3. The fourth-order valence-electron chi connectivity index (χ4n) is 8.37. The summed E-state index contributed by atoms with van der Waals surface area (Å²) in [5.74, 6) is 1.10. The van der Waals surface area contributed by atoms with Crippen LogP contribution in [0.4, 0.5) is 0 Å². The number of allylic oxidation sites excluding steroid dienone is 2. The van der Waals surface area contributed by atoms with E-state index in [0.717, 1.165) is 5.84 Å². The molecule has 0 spiro atoms. The van der Waals surface area contributed by atoms with Crippen molar-refractivity contribution in [3.05, 3.63) is 182 Å². The Morgan fingerprint density at radius 3 is 1.92 bits per heavy atom. The number of aliphatic imine (C=N–C) groups is 1. The number of rotatable bonds is 4. The molecule has 0 amide bonds. The first-order chi connectivity index (χ1) is 24.8. The van der Waals surface area contributed by atoms with E-state index < -0.39 is 0 Å². The minimum absolute atomic E-state index is 0.0753. The van der Waals surface area contributed by atoms with Crippen molar-refractivity contribution in [3.63, 3.8) is 0 Å². The van der Waals surface area contributed by atoms with Gasteiger partial charge in [-0.3, -0.25) is 4.57 Å². The number of aromatic nitrogens is 2. The van der Waals surface area contributed by atoms with E-state index in [1.165, 1.54) is 87.2 Å². The maximum absolute atomic E-state index is 5.34. The smallest absolute Gasteiger partial charge is 0.281 e. The van der Waals surface area contributed by atoms with Gasteiger partial charge in [0.15, 0.2) is 0 Å². The Kier molecular flexibility index (Phi) is 5.77. The van der Waals surface area contributed by atoms with Crippen LogP contribution in [-0.4, -0.2) is 15.0 Å². The van der Waals surface area contributed by atoms with Crippen LogP contribution < -0.4 is 4.90 Å². The third-order valence-electron chi connectivity index (χ3n) is 10.7. The highest BCUT2D eigenvalue weighted by molar-refractivity contribution is 6.23. The fourth-order valence-corrected chi connectivity index (χ4v) is 8.37. The van der Waals surface area contributed by atoms with Crippen LogP contribution in [0.5, 0.6) is 0 Å². The minimum atomic E-state index is -0.0753. The summed E-state index contributed by atoms with van der Waals surface area (Å²) in [4.78, 5) is 6.61. The van der Waals surface area contributed by atoms with Crippen molar-refractivity contribution < 1.29 is 4.90 Å². The van der Waals surface area contributed by atoms with Crippen LogP contribution in [0.15, 0.2) is 181 Å². The summed E-state index contributed by atoms with van der Waals surface area (Å²) < 4.78 is 4.80. The Morgan fingerprint density at radius 2 is 1.10 bits per heavy atom. The predicted molar refractivity (Wildman–Crippen MR) is 208 cm³/mol. The van der Waals surface area contributed by atoms with Gasteiger partial charge >= 0.3 is 0 Å². The normalized spacial score (nSPS) is 17.0. The van der Waals surface area contributed by atoms with E-state index in [1.807, 2.05) is 0 Å². The lowest BCUT2D eigenvalue weighted by Crippen LogP contribution is -3.16. The van der Waals surface area contributed by atoms with E-state index in [1.54, 1.807) is 0 Å². The van der Waals surface area contributed by atoms with E-state index in [9.17, 15) is 0 Å². The van der Waals surface area contributed by atoms with E-state index in [2.05, 4.69) is 185 Å². The molecule has 0 saturated heterocycles. The minimum Gasteiger partial charge on any atom is -0.309 e. The van der Waals surface area contributed by atoms with Crippen LogP contribution in [-0.2, 0) is 0 Å². The molecular formula is C46H31N4+. The lowest BCUT2D eigenvalue weighted by atomic mass is 9.94. The Bertz CT molecular complexity index is 2930. The van der Waals surface area contributed by atoms with Crippen molar-refractivity contribution >= 4 is 65.8 Å². The summed E-state index contributed by atoms with van der Waals surface area (Å²) in [7, 11) is 0. The van der Waals surface area contributed by atoms with E-state index in [0.29, 0.717) is 0 Å².